The first-order chi connectivity index (χ1) is 8.15. The molecular weight excluding hydrogens is 210 g/mol. The lowest BCUT2D eigenvalue weighted by Crippen LogP contribution is -2.41. The molecular formula is C15H27NO. The van der Waals surface area contributed by atoms with Crippen molar-refractivity contribution in [2.45, 2.75) is 71.3 Å². The van der Waals surface area contributed by atoms with E-state index < -0.39 is 0 Å². The van der Waals surface area contributed by atoms with Crippen LogP contribution in [-0.2, 0) is 4.79 Å². The molecule has 2 aliphatic rings. The normalized spacial score (nSPS) is 38.7. The Morgan fingerprint density at radius 1 is 0.941 bits per heavy atom. The van der Waals surface area contributed by atoms with Gasteiger partial charge in [0, 0.05) is 12.0 Å². The predicted octanol–water partition coefficient (Wildman–Crippen LogP) is 3.51. The van der Waals surface area contributed by atoms with Crippen molar-refractivity contribution in [3.63, 3.8) is 0 Å². The Morgan fingerprint density at radius 3 is 2.29 bits per heavy atom. The highest BCUT2D eigenvalue weighted by Gasteiger charge is 2.27. The van der Waals surface area contributed by atoms with Crippen LogP contribution in [0.15, 0.2) is 0 Å². The van der Waals surface area contributed by atoms with Crippen LogP contribution < -0.4 is 5.32 Å². The van der Waals surface area contributed by atoms with Gasteiger partial charge in [-0.15, -0.1) is 0 Å². The van der Waals surface area contributed by atoms with Crippen molar-refractivity contribution in [3.05, 3.63) is 0 Å². The molecule has 0 aromatic heterocycles. The third-order valence-corrected chi connectivity index (χ3v) is 4.67. The lowest BCUT2D eigenvalue weighted by atomic mass is 9.81. The highest BCUT2D eigenvalue weighted by Crippen LogP contribution is 2.29. The van der Waals surface area contributed by atoms with E-state index in [1.54, 1.807) is 0 Å². The molecule has 0 aromatic rings. The Morgan fingerprint density at radius 2 is 1.65 bits per heavy atom. The van der Waals surface area contributed by atoms with Crippen molar-refractivity contribution >= 4 is 5.91 Å². The molecule has 0 aliphatic heterocycles. The molecule has 2 aliphatic carbocycles. The second-order valence-electron chi connectivity index (χ2n) is 6.43. The first-order valence-electron chi connectivity index (χ1n) is 7.45. The SMILES string of the molecule is CC1CCC(NC(=O)C2CCCC(C)C2)CC1. The van der Waals surface area contributed by atoms with Gasteiger partial charge < -0.3 is 5.32 Å². The van der Waals surface area contributed by atoms with E-state index in [-0.39, 0.29) is 0 Å². The molecule has 2 atom stereocenters. The van der Waals surface area contributed by atoms with Gasteiger partial charge in [-0.25, -0.2) is 0 Å². The lowest BCUT2D eigenvalue weighted by Gasteiger charge is -2.31. The van der Waals surface area contributed by atoms with E-state index in [1.807, 2.05) is 0 Å². The van der Waals surface area contributed by atoms with Gasteiger partial charge in [-0.05, 0) is 50.4 Å². The summed E-state index contributed by atoms with van der Waals surface area (Å²) in [7, 11) is 0. The van der Waals surface area contributed by atoms with E-state index in [9.17, 15) is 4.79 Å². The third kappa shape index (κ3) is 3.72. The number of nitrogens with one attached hydrogen (secondary N) is 1. The summed E-state index contributed by atoms with van der Waals surface area (Å²) in [5.74, 6) is 2.25. The molecule has 1 amide bonds. The van der Waals surface area contributed by atoms with Crippen molar-refractivity contribution in [3.8, 4) is 0 Å². The van der Waals surface area contributed by atoms with Crippen LogP contribution in [0.3, 0.4) is 0 Å². The van der Waals surface area contributed by atoms with Crippen molar-refractivity contribution in [2.75, 3.05) is 0 Å². The van der Waals surface area contributed by atoms with Gasteiger partial charge in [-0.3, -0.25) is 4.79 Å². The monoisotopic (exact) mass is 237 g/mol. The highest BCUT2D eigenvalue weighted by molar-refractivity contribution is 5.79. The molecule has 1 N–H and O–H groups in total. The largest absolute Gasteiger partial charge is 0.353 e. The van der Waals surface area contributed by atoms with Crippen molar-refractivity contribution in [2.24, 2.45) is 17.8 Å². The maximum absolute atomic E-state index is 12.2. The van der Waals surface area contributed by atoms with Crippen LogP contribution in [0.5, 0.6) is 0 Å². The Hall–Kier alpha value is -0.530. The van der Waals surface area contributed by atoms with Crippen molar-refractivity contribution < 1.29 is 4.79 Å². The summed E-state index contributed by atoms with van der Waals surface area (Å²) in [5.41, 5.74) is 0. The number of carbonyl (C=O) groups excluding carboxylic acids is 1. The molecule has 2 saturated carbocycles. The molecule has 2 unspecified atom stereocenters. The average Bonchev–Trinajstić information content (AvgIpc) is 2.32. The Labute approximate surface area is 106 Å². The summed E-state index contributed by atoms with van der Waals surface area (Å²) in [5, 5.41) is 3.29. The van der Waals surface area contributed by atoms with Crippen LogP contribution in [0.4, 0.5) is 0 Å². The minimum absolute atomic E-state index is 0.304. The van der Waals surface area contributed by atoms with Gasteiger partial charge in [0.1, 0.15) is 0 Å². The number of hydrogen-bond acceptors (Lipinski definition) is 1. The van der Waals surface area contributed by atoms with E-state index in [0.29, 0.717) is 17.9 Å². The smallest absolute Gasteiger partial charge is 0.223 e. The molecule has 2 fully saturated rings. The van der Waals surface area contributed by atoms with Crippen LogP contribution in [0.1, 0.15) is 65.2 Å². The van der Waals surface area contributed by atoms with Crippen LogP contribution in [0.25, 0.3) is 0 Å². The molecule has 0 saturated heterocycles. The summed E-state index contributed by atoms with van der Waals surface area (Å²) < 4.78 is 0. The van der Waals surface area contributed by atoms with Gasteiger partial charge in [0.25, 0.3) is 0 Å². The summed E-state index contributed by atoms with van der Waals surface area (Å²) in [6, 6.07) is 0.468. The Bertz CT molecular complexity index is 256. The summed E-state index contributed by atoms with van der Waals surface area (Å²) in [6.45, 7) is 4.60. The van der Waals surface area contributed by atoms with Gasteiger partial charge in [-0.2, -0.15) is 0 Å². The number of rotatable bonds is 2. The van der Waals surface area contributed by atoms with Crippen LogP contribution in [0.2, 0.25) is 0 Å². The number of hydrogen-bond donors (Lipinski definition) is 1. The van der Waals surface area contributed by atoms with Crippen LogP contribution in [-0.4, -0.2) is 11.9 Å². The second-order valence-corrected chi connectivity index (χ2v) is 6.43. The molecule has 2 heteroatoms. The van der Waals surface area contributed by atoms with Gasteiger partial charge in [0.2, 0.25) is 5.91 Å². The van der Waals surface area contributed by atoms with E-state index in [0.717, 1.165) is 24.7 Å². The molecule has 98 valence electrons. The first-order valence-corrected chi connectivity index (χ1v) is 7.45. The number of carbonyl (C=O) groups is 1. The fourth-order valence-corrected chi connectivity index (χ4v) is 3.40. The quantitative estimate of drug-likeness (QED) is 0.782. The summed E-state index contributed by atoms with van der Waals surface area (Å²) >= 11 is 0. The molecule has 2 rings (SSSR count). The maximum Gasteiger partial charge on any atom is 0.223 e. The molecule has 0 aromatic carbocycles. The fourth-order valence-electron chi connectivity index (χ4n) is 3.40. The zero-order valence-electron chi connectivity index (χ0n) is 11.4. The van der Waals surface area contributed by atoms with E-state index in [4.69, 9.17) is 0 Å². The highest BCUT2D eigenvalue weighted by atomic mass is 16.1. The molecule has 0 bridgehead atoms. The third-order valence-electron chi connectivity index (χ3n) is 4.67. The fraction of sp³-hybridized carbons (Fsp3) is 0.933. The zero-order valence-corrected chi connectivity index (χ0v) is 11.4. The van der Waals surface area contributed by atoms with E-state index in [1.165, 1.54) is 38.5 Å². The van der Waals surface area contributed by atoms with Crippen molar-refractivity contribution in [1.82, 2.24) is 5.32 Å². The average molecular weight is 237 g/mol. The van der Waals surface area contributed by atoms with Gasteiger partial charge in [0.15, 0.2) is 0 Å². The summed E-state index contributed by atoms with van der Waals surface area (Å²) in [6.07, 6.45) is 9.71. The molecule has 2 nitrogen and oxygen atoms in total. The minimum Gasteiger partial charge on any atom is -0.353 e. The maximum atomic E-state index is 12.2. The Balaban J connectivity index is 1.76. The molecule has 0 heterocycles. The van der Waals surface area contributed by atoms with Crippen LogP contribution in [0, 0.1) is 17.8 Å². The van der Waals surface area contributed by atoms with Gasteiger partial charge >= 0.3 is 0 Å². The zero-order chi connectivity index (χ0) is 12.3. The van der Waals surface area contributed by atoms with Gasteiger partial charge in [-0.1, -0.05) is 26.7 Å². The van der Waals surface area contributed by atoms with E-state index in [2.05, 4.69) is 19.2 Å². The van der Waals surface area contributed by atoms with Crippen molar-refractivity contribution in [1.29, 1.82) is 0 Å². The van der Waals surface area contributed by atoms with E-state index >= 15 is 0 Å². The minimum atomic E-state index is 0.304. The molecule has 0 spiro atoms. The Kier molecular flexibility index (Phi) is 4.47. The number of amides is 1. The molecule has 17 heavy (non-hydrogen) atoms. The summed E-state index contributed by atoms with van der Waals surface area (Å²) in [4.78, 5) is 12.2. The topological polar surface area (TPSA) is 29.1 Å². The van der Waals surface area contributed by atoms with Crippen LogP contribution >= 0.6 is 0 Å². The predicted molar refractivity (Wildman–Crippen MR) is 70.7 cm³/mol. The first kappa shape index (κ1) is 12.9. The molecule has 0 radical (unpaired) electrons. The second kappa shape index (κ2) is 5.88. The van der Waals surface area contributed by atoms with Gasteiger partial charge in [0.05, 0.1) is 0 Å². The lowest BCUT2D eigenvalue weighted by molar-refractivity contribution is -0.127. The standard InChI is InChI=1S/C15H27NO/c1-11-6-8-14(9-7-11)16-15(17)13-5-3-4-12(2)10-13/h11-14H,3-10H2,1-2H3,(H,16,17).